The van der Waals surface area contributed by atoms with Crippen LogP contribution in [-0.4, -0.2) is 41.1 Å². The highest BCUT2D eigenvalue weighted by molar-refractivity contribution is 7.96. The molecule has 0 amide bonds. The van der Waals surface area contributed by atoms with Crippen molar-refractivity contribution in [2.24, 2.45) is 4.99 Å². The van der Waals surface area contributed by atoms with Crippen LogP contribution in [0.3, 0.4) is 0 Å². The van der Waals surface area contributed by atoms with Crippen molar-refractivity contribution in [3.05, 3.63) is 40.0 Å². The van der Waals surface area contributed by atoms with Crippen LogP contribution in [0, 0.1) is 0 Å². The molecule has 1 aromatic heterocycles. The lowest BCUT2D eigenvalue weighted by Gasteiger charge is -2.28. The summed E-state index contributed by atoms with van der Waals surface area (Å²) in [4.78, 5) is 11.6. The monoisotopic (exact) mass is 320 g/mol. The molecule has 0 bridgehead atoms. The van der Waals surface area contributed by atoms with Crippen LogP contribution in [0.25, 0.3) is 0 Å². The maximum Gasteiger partial charge on any atom is 0.165 e. The summed E-state index contributed by atoms with van der Waals surface area (Å²) in [6.07, 6.45) is 5.95. The fourth-order valence-electron chi connectivity index (χ4n) is 2.86. The van der Waals surface area contributed by atoms with E-state index in [4.69, 9.17) is 4.99 Å². The van der Waals surface area contributed by atoms with Crippen LogP contribution in [0.5, 0.6) is 0 Å². The molecule has 1 saturated heterocycles. The average molecular weight is 320 g/mol. The third-order valence-electron chi connectivity index (χ3n) is 3.92. The van der Waals surface area contributed by atoms with Crippen molar-refractivity contribution >= 4 is 29.1 Å². The summed E-state index contributed by atoms with van der Waals surface area (Å²) in [7, 11) is 0. The highest BCUT2D eigenvalue weighted by Crippen LogP contribution is 2.34. The normalized spacial score (nSPS) is 21.5. The summed E-state index contributed by atoms with van der Waals surface area (Å²) in [6, 6.07) is 0.456. The van der Waals surface area contributed by atoms with Gasteiger partial charge in [-0.25, -0.2) is 4.98 Å². The zero-order chi connectivity index (χ0) is 14.8. The first-order chi connectivity index (χ1) is 10.2. The van der Waals surface area contributed by atoms with Gasteiger partial charge >= 0.3 is 0 Å². The molecule has 0 spiro atoms. The Kier molecular flexibility index (Phi) is 4.47. The van der Waals surface area contributed by atoms with Gasteiger partial charge in [-0.05, 0) is 23.8 Å². The number of amidine groups is 1. The van der Waals surface area contributed by atoms with Crippen LogP contribution in [0.15, 0.2) is 40.0 Å². The Morgan fingerprint density at radius 3 is 3.14 bits per heavy atom. The number of fused-ring (bicyclic) bond motifs is 1. The van der Waals surface area contributed by atoms with Gasteiger partial charge in [0.05, 0.1) is 6.54 Å². The van der Waals surface area contributed by atoms with Gasteiger partial charge in [-0.2, -0.15) is 0 Å². The molecule has 0 saturated carbocycles. The van der Waals surface area contributed by atoms with Crippen molar-refractivity contribution in [3.63, 3.8) is 0 Å². The van der Waals surface area contributed by atoms with E-state index >= 15 is 0 Å². The van der Waals surface area contributed by atoms with Crippen LogP contribution in [0.4, 0.5) is 0 Å². The second-order valence-electron chi connectivity index (χ2n) is 5.19. The zero-order valence-corrected chi connectivity index (χ0v) is 14.1. The van der Waals surface area contributed by atoms with Crippen LogP contribution in [0.1, 0.15) is 24.8 Å². The summed E-state index contributed by atoms with van der Waals surface area (Å²) < 4.78 is 3.48. The van der Waals surface area contributed by atoms with Gasteiger partial charge in [-0.1, -0.05) is 25.5 Å². The lowest BCUT2D eigenvalue weighted by atomic mass is 10.0. The lowest BCUT2D eigenvalue weighted by molar-refractivity contribution is 0.538. The molecule has 112 valence electrons. The Hall–Kier alpha value is -1.11. The third kappa shape index (κ3) is 2.80. The maximum absolute atomic E-state index is 4.80. The number of nitrogens with one attached hydrogen (secondary N) is 1. The van der Waals surface area contributed by atoms with Crippen LogP contribution < -0.4 is 4.72 Å². The first-order valence-corrected chi connectivity index (χ1v) is 9.25. The van der Waals surface area contributed by atoms with Gasteiger partial charge in [0.2, 0.25) is 0 Å². The molecular weight excluding hydrogens is 300 g/mol. The number of nitrogens with zero attached hydrogens (tertiary/aromatic N) is 3. The Labute approximate surface area is 134 Å². The summed E-state index contributed by atoms with van der Waals surface area (Å²) in [5.74, 6) is 1.03. The van der Waals surface area contributed by atoms with Crippen molar-refractivity contribution in [2.45, 2.75) is 25.8 Å². The first kappa shape index (κ1) is 14.8. The minimum atomic E-state index is 0.456. The molecule has 3 rings (SSSR count). The minimum Gasteiger partial charge on any atom is -0.326 e. The Morgan fingerprint density at radius 2 is 2.48 bits per heavy atom. The molecule has 2 aliphatic rings. The second kappa shape index (κ2) is 6.34. The molecule has 0 aliphatic carbocycles. The molecule has 1 aromatic rings. The van der Waals surface area contributed by atoms with Crippen molar-refractivity contribution in [1.29, 1.82) is 0 Å². The number of thiazole rings is 1. The van der Waals surface area contributed by atoms with Gasteiger partial charge in [0.15, 0.2) is 10.8 Å². The van der Waals surface area contributed by atoms with Crippen molar-refractivity contribution in [2.75, 3.05) is 19.3 Å². The highest BCUT2D eigenvalue weighted by atomic mass is 32.2. The van der Waals surface area contributed by atoms with Gasteiger partial charge in [-0.15, -0.1) is 11.3 Å². The predicted octanol–water partition coefficient (Wildman–Crippen LogP) is 3.07. The van der Waals surface area contributed by atoms with E-state index in [1.165, 1.54) is 16.8 Å². The third-order valence-corrected chi connectivity index (χ3v) is 5.26. The number of aromatic nitrogens is 1. The lowest BCUT2D eigenvalue weighted by Crippen LogP contribution is -2.35. The molecule has 1 N–H and O–H groups in total. The summed E-state index contributed by atoms with van der Waals surface area (Å²) in [5.41, 5.74) is 3.92. The van der Waals surface area contributed by atoms with Gasteiger partial charge in [0.25, 0.3) is 0 Å². The molecule has 1 unspecified atom stereocenters. The predicted molar refractivity (Wildman–Crippen MR) is 91.7 cm³/mol. The molecule has 3 heterocycles. The summed E-state index contributed by atoms with van der Waals surface area (Å²) >= 11 is 3.34. The summed E-state index contributed by atoms with van der Waals surface area (Å²) in [5, 5.41) is 3.02. The Morgan fingerprint density at radius 1 is 1.62 bits per heavy atom. The molecule has 4 nitrogen and oxygen atoms in total. The standard InChI is InChI=1S/C15H20N4S2/c1-4-10(2)12-8-17-14(15-16-5-6-21-15)19-9-11(18-20-3)7-13(12)19/h5-6,11,18H,2,4,7-9H2,1,3H3. The van der Waals surface area contributed by atoms with E-state index in [2.05, 4.69) is 34.4 Å². The van der Waals surface area contributed by atoms with Gasteiger partial charge in [0, 0.05) is 36.3 Å². The molecular formula is C15H20N4S2. The highest BCUT2D eigenvalue weighted by Gasteiger charge is 2.35. The number of rotatable bonds is 5. The van der Waals surface area contributed by atoms with Crippen LogP contribution in [-0.2, 0) is 0 Å². The van der Waals surface area contributed by atoms with Crippen LogP contribution >= 0.6 is 23.3 Å². The number of hydrogen-bond acceptors (Lipinski definition) is 6. The average Bonchev–Trinajstić information content (AvgIpc) is 3.14. The van der Waals surface area contributed by atoms with Gasteiger partial charge in [0.1, 0.15) is 0 Å². The molecule has 1 fully saturated rings. The topological polar surface area (TPSA) is 40.5 Å². The zero-order valence-electron chi connectivity index (χ0n) is 12.4. The van der Waals surface area contributed by atoms with E-state index in [1.54, 1.807) is 23.3 Å². The number of hydrogen-bond donors (Lipinski definition) is 1. The molecule has 6 heteroatoms. The summed E-state index contributed by atoms with van der Waals surface area (Å²) in [6.45, 7) is 8.07. The fraction of sp³-hybridized carbons (Fsp3) is 0.467. The van der Waals surface area contributed by atoms with Crippen LogP contribution in [0.2, 0.25) is 0 Å². The molecule has 0 radical (unpaired) electrons. The Balaban J connectivity index is 1.94. The van der Waals surface area contributed by atoms with E-state index in [0.717, 1.165) is 36.8 Å². The van der Waals surface area contributed by atoms with E-state index in [1.807, 2.05) is 11.6 Å². The molecule has 2 aliphatic heterocycles. The van der Waals surface area contributed by atoms with Crippen molar-refractivity contribution < 1.29 is 0 Å². The van der Waals surface area contributed by atoms with Crippen molar-refractivity contribution in [3.8, 4) is 0 Å². The second-order valence-corrected chi connectivity index (χ2v) is 6.73. The minimum absolute atomic E-state index is 0.456. The Bertz CT molecular complexity index is 589. The van der Waals surface area contributed by atoms with E-state index < -0.39 is 0 Å². The van der Waals surface area contributed by atoms with E-state index in [0.29, 0.717) is 6.04 Å². The maximum atomic E-state index is 4.80. The molecule has 0 aromatic carbocycles. The van der Waals surface area contributed by atoms with E-state index in [-0.39, 0.29) is 0 Å². The fourth-order valence-corrected chi connectivity index (χ4v) is 4.01. The largest absolute Gasteiger partial charge is 0.326 e. The first-order valence-electron chi connectivity index (χ1n) is 7.15. The quantitative estimate of drug-likeness (QED) is 0.847. The van der Waals surface area contributed by atoms with Crippen molar-refractivity contribution in [1.82, 2.24) is 14.6 Å². The molecule has 21 heavy (non-hydrogen) atoms. The van der Waals surface area contributed by atoms with Gasteiger partial charge < -0.3 is 4.90 Å². The van der Waals surface area contributed by atoms with Gasteiger partial charge in [-0.3, -0.25) is 9.71 Å². The van der Waals surface area contributed by atoms with E-state index in [9.17, 15) is 0 Å². The smallest absolute Gasteiger partial charge is 0.165 e. The number of aliphatic imine (C=N–C) groups is 1. The molecule has 1 atom stereocenters. The SMILES string of the molecule is C=C(CC)C1=C2CC(NSC)CN2C(c2nccs2)=NC1.